The molecule has 1 fully saturated rings. The second-order valence-corrected chi connectivity index (χ2v) is 7.64. The van der Waals surface area contributed by atoms with E-state index in [1.807, 2.05) is 36.4 Å². The summed E-state index contributed by atoms with van der Waals surface area (Å²) < 4.78 is 0. The van der Waals surface area contributed by atoms with Crippen LogP contribution in [0.2, 0.25) is 0 Å². The highest BCUT2D eigenvalue weighted by molar-refractivity contribution is 7.13. The Kier molecular flexibility index (Phi) is 4.85. The number of hydrogen-bond donors (Lipinski definition) is 2. The fourth-order valence-corrected chi connectivity index (χ4v) is 3.96. The summed E-state index contributed by atoms with van der Waals surface area (Å²) >= 11 is 1.43. The van der Waals surface area contributed by atoms with E-state index >= 15 is 0 Å². The Morgan fingerprint density at radius 1 is 1.10 bits per heavy atom. The number of urea groups is 1. The summed E-state index contributed by atoms with van der Waals surface area (Å²) in [7, 11) is 0. The van der Waals surface area contributed by atoms with Gasteiger partial charge in [0.1, 0.15) is 10.5 Å². The van der Waals surface area contributed by atoms with Crippen molar-refractivity contribution in [2.24, 2.45) is 0 Å². The van der Waals surface area contributed by atoms with Crippen LogP contribution in [0.4, 0.5) is 4.79 Å². The normalized spacial score (nSPS) is 18.6. The highest BCUT2D eigenvalue weighted by Gasteiger charge is 2.49. The predicted octanol–water partition coefficient (Wildman–Crippen LogP) is 2.85. The zero-order chi connectivity index (χ0) is 20.4. The van der Waals surface area contributed by atoms with Crippen LogP contribution in [-0.4, -0.2) is 27.8 Å². The number of rotatable bonds is 5. The molecule has 1 aliphatic heterocycles. The number of imide groups is 1. The molecule has 1 atom stereocenters. The Hall–Kier alpha value is -3.52. The zero-order valence-electron chi connectivity index (χ0n) is 15.6. The van der Waals surface area contributed by atoms with Crippen molar-refractivity contribution in [2.45, 2.75) is 18.9 Å². The zero-order valence-corrected chi connectivity index (χ0v) is 16.4. The molecule has 2 N–H and O–H groups in total. The second kappa shape index (κ2) is 7.48. The van der Waals surface area contributed by atoms with Crippen LogP contribution in [0.3, 0.4) is 0 Å². The molecular weight excluding hydrogens is 388 g/mol. The van der Waals surface area contributed by atoms with Crippen LogP contribution in [0.25, 0.3) is 10.6 Å². The average Bonchev–Trinajstić information content (AvgIpc) is 3.28. The molecular formula is C21H18N4O3S. The third kappa shape index (κ3) is 3.62. The molecule has 4 rings (SSSR count). The smallest absolute Gasteiger partial charge is 0.318 e. The van der Waals surface area contributed by atoms with Crippen LogP contribution in [0, 0.1) is 0 Å². The topological polar surface area (TPSA) is 91.4 Å². The SMILES string of the molecule is CC1(c2ccccc2)NC(=O)N(NC(=O)Cc2csc(-c3ccccc3)n2)C1=O. The first-order valence-corrected chi connectivity index (χ1v) is 9.87. The number of thiazole rings is 1. The van der Waals surface area contributed by atoms with Gasteiger partial charge in [0.25, 0.3) is 5.91 Å². The summed E-state index contributed by atoms with van der Waals surface area (Å²) in [6, 6.07) is 17.9. The van der Waals surface area contributed by atoms with Crippen molar-refractivity contribution in [1.29, 1.82) is 0 Å². The summed E-state index contributed by atoms with van der Waals surface area (Å²) in [5.74, 6) is -1.03. The van der Waals surface area contributed by atoms with Gasteiger partial charge in [0.2, 0.25) is 5.91 Å². The number of nitrogens with one attached hydrogen (secondary N) is 2. The van der Waals surface area contributed by atoms with Crippen LogP contribution < -0.4 is 10.7 Å². The quantitative estimate of drug-likeness (QED) is 0.638. The van der Waals surface area contributed by atoms with Gasteiger partial charge in [0.05, 0.1) is 12.1 Å². The van der Waals surface area contributed by atoms with Crippen LogP contribution in [0.15, 0.2) is 66.0 Å². The van der Waals surface area contributed by atoms with Gasteiger partial charge in [-0.1, -0.05) is 60.7 Å². The molecule has 0 saturated carbocycles. The van der Waals surface area contributed by atoms with Gasteiger partial charge in [-0.3, -0.25) is 15.0 Å². The van der Waals surface area contributed by atoms with Crippen LogP contribution in [-0.2, 0) is 21.5 Å². The molecule has 0 bridgehead atoms. The third-order valence-corrected chi connectivity index (χ3v) is 5.63. The highest BCUT2D eigenvalue weighted by atomic mass is 32.1. The number of carbonyl (C=O) groups is 3. The molecule has 4 amide bonds. The maximum absolute atomic E-state index is 12.8. The van der Waals surface area contributed by atoms with Gasteiger partial charge in [0, 0.05) is 10.9 Å². The van der Waals surface area contributed by atoms with E-state index in [2.05, 4.69) is 15.7 Å². The number of aromatic nitrogens is 1. The molecule has 7 nitrogen and oxygen atoms in total. The molecule has 146 valence electrons. The van der Waals surface area contributed by atoms with E-state index in [9.17, 15) is 14.4 Å². The largest absolute Gasteiger partial charge is 0.344 e. The number of hydrogen-bond acceptors (Lipinski definition) is 5. The Balaban J connectivity index is 1.44. The lowest BCUT2D eigenvalue weighted by Gasteiger charge is -2.22. The highest BCUT2D eigenvalue weighted by Crippen LogP contribution is 2.28. The minimum atomic E-state index is -1.23. The van der Waals surface area contributed by atoms with Gasteiger partial charge in [-0.25, -0.2) is 9.78 Å². The number of nitrogens with zero attached hydrogens (tertiary/aromatic N) is 2. The minimum Gasteiger partial charge on any atom is -0.318 e. The summed E-state index contributed by atoms with van der Waals surface area (Å²) in [4.78, 5) is 42.0. The minimum absolute atomic E-state index is 0.0392. The van der Waals surface area contributed by atoms with Gasteiger partial charge < -0.3 is 5.32 Å². The van der Waals surface area contributed by atoms with Crippen LogP contribution in [0.5, 0.6) is 0 Å². The van der Waals surface area contributed by atoms with Gasteiger partial charge >= 0.3 is 6.03 Å². The van der Waals surface area contributed by atoms with Gasteiger partial charge in [-0.2, -0.15) is 5.01 Å². The molecule has 1 saturated heterocycles. The molecule has 1 aromatic heterocycles. The fraction of sp³-hybridized carbons (Fsp3) is 0.143. The van der Waals surface area contributed by atoms with Gasteiger partial charge in [0.15, 0.2) is 0 Å². The first kappa shape index (κ1) is 18.8. The van der Waals surface area contributed by atoms with E-state index < -0.39 is 23.4 Å². The predicted molar refractivity (Wildman–Crippen MR) is 109 cm³/mol. The van der Waals surface area contributed by atoms with E-state index in [1.54, 1.807) is 36.6 Å². The number of carbonyl (C=O) groups excluding carboxylic acids is 3. The van der Waals surface area contributed by atoms with Crippen molar-refractivity contribution in [3.63, 3.8) is 0 Å². The molecule has 3 aromatic rings. The second-order valence-electron chi connectivity index (χ2n) is 6.78. The fourth-order valence-electron chi connectivity index (χ4n) is 3.14. The van der Waals surface area contributed by atoms with Crippen molar-refractivity contribution in [2.75, 3.05) is 0 Å². The van der Waals surface area contributed by atoms with Gasteiger partial charge in [-0.15, -0.1) is 11.3 Å². The molecule has 0 radical (unpaired) electrons. The standard InChI is InChI=1S/C21H18N4O3S/c1-21(15-10-6-3-7-11-15)19(27)25(20(28)23-21)24-17(26)12-16-13-29-18(22-16)14-8-4-2-5-9-14/h2-11,13H,12H2,1H3,(H,23,28)(H,24,26). The molecule has 2 aromatic carbocycles. The molecule has 2 heterocycles. The maximum atomic E-state index is 12.8. The van der Waals surface area contributed by atoms with Crippen molar-refractivity contribution in [3.8, 4) is 10.6 Å². The molecule has 1 aliphatic rings. The van der Waals surface area contributed by atoms with Crippen molar-refractivity contribution >= 4 is 29.2 Å². The lowest BCUT2D eigenvalue weighted by atomic mass is 9.92. The van der Waals surface area contributed by atoms with E-state index in [4.69, 9.17) is 0 Å². The molecule has 29 heavy (non-hydrogen) atoms. The molecule has 0 spiro atoms. The number of amides is 4. The monoisotopic (exact) mass is 406 g/mol. The third-order valence-electron chi connectivity index (χ3n) is 4.69. The van der Waals surface area contributed by atoms with Gasteiger partial charge in [-0.05, 0) is 12.5 Å². The molecule has 0 aliphatic carbocycles. The lowest BCUT2D eigenvalue weighted by Crippen LogP contribution is -2.48. The Bertz CT molecular complexity index is 1070. The van der Waals surface area contributed by atoms with Crippen molar-refractivity contribution in [1.82, 2.24) is 20.7 Å². The number of benzene rings is 2. The van der Waals surface area contributed by atoms with Crippen LogP contribution >= 0.6 is 11.3 Å². The van der Waals surface area contributed by atoms with Crippen molar-refractivity contribution in [3.05, 3.63) is 77.3 Å². The van der Waals surface area contributed by atoms with E-state index in [0.29, 0.717) is 11.3 Å². The summed E-state index contributed by atoms with van der Waals surface area (Å²) in [6.07, 6.45) is -0.0392. The summed E-state index contributed by atoms with van der Waals surface area (Å²) in [6.45, 7) is 1.61. The maximum Gasteiger partial charge on any atom is 0.344 e. The first-order valence-electron chi connectivity index (χ1n) is 8.99. The Morgan fingerprint density at radius 3 is 2.45 bits per heavy atom. The van der Waals surface area contributed by atoms with Crippen molar-refractivity contribution < 1.29 is 14.4 Å². The van der Waals surface area contributed by atoms with E-state index in [1.165, 1.54) is 11.3 Å². The van der Waals surface area contributed by atoms with E-state index in [-0.39, 0.29) is 6.42 Å². The first-order chi connectivity index (χ1) is 14.0. The van der Waals surface area contributed by atoms with Crippen LogP contribution in [0.1, 0.15) is 18.2 Å². The average molecular weight is 406 g/mol. The Morgan fingerprint density at radius 2 is 1.76 bits per heavy atom. The van der Waals surface area contributed by atoms with E-state index in [0.717, 1.165) is 15.6 Å². The number of hydrazine groups is 1. The summed E-state index contributed by atoms with van der Waals surface area (Å²) in [5, 5.41) is 5.99. The molecule has 1 unspecified atom stereocenters. The Labute approximate surface area is 171 Å². The molecule has 8 heteroatoms. The summed E-state index contributed by atoms with van der Waals surface area (Å²) in [5.41, 5.74) is 3.35. The lowest BCUT2D eigenvalue weighted by molar-refractivity contribution is -0.138.